The molecule has 0 aliphatic carbocycles. The summed E-state index contributed by atoms with van der Waals surface area (Å²) in [7, 11) is -2.95. The van der Waals surface area contributed by atoms with Crippen LogP contribution in [0.4, 0.5) is 0 Å². The molecule has 104 valence electrons. The fraction of sp³-hybridized carbons (Fsp3) is 0.692. The van der Waals surface area contributed by atoms with Crippen LogP contribution in [-0.4, -0.2) is 30.5 Å². The Morgan fingerprint density at radius 1 is 1.33 bits per heavy atom. The number of aromatic nitrogens is 1. The van der Waals surface area contributed by atoms with Crippen molar-refractivity contribution in [3.63, 3.8) is 0 Å². The fourth-order valence-corrected chi connectivity index (χ4v) is 2.68. The third-order valence-corrected chi connectivity index (χ3v) is 5.32. The van der Waals surface area contributed by atoms with Gasteiger partial charge in [-0.15, -0.1) is 0 Å². The Bertz CT molecular complexity index is 463. The van der Waals surface area contributed by atoms with Gasteiger partial charge in [-0.1, -0.05) is 6.92 Å². The minimum absolute atomic E-state index is 0.203. The molecule has 0 spiro atoms. The Morgan fingerprint density at radius 3 is 2.56 bits per heavy atom. The molecule has 0 bridgehead atoms. The summed E-state index contributed by atoms with van der Waals surface area (Å²) in [5.41, 5.74) is 1.19. The SMILES string of the molecule is CCNC(C)c1ccn(CCS(=O)(=O)C(C)C)c1. The number of hydrogen-bond acceptors (Lipinski definition) is 3. The summed E-state index contributed by atoms with van der Waals surface area (Å²) in [6, 6.07) is 2.34. The molecule has 0 aromatic carbocycles. The third kappa shape index (κ3) is 4.14. The Balaban J connectivity index is 2.60. The minimum atomic E-state index is -2.95. The van der Waals surface area contributed by atoms with Crippen LogP contribution in [-0.2, 0) is 16.4 Å². The van der Waals surface area contributed by atoms with Gasteiger partial charge in [0.25, 0.3) is 0 Å². The lowest BCUT2D eigenvalue weighted by molar-refractivity contribution is 0.579. The van der Waals surface area contributed by atoms with Crippen molar-refractivity contribution in [1.82, 2.24) is 9.88 Å². The zero-order valence-electron chi connectivity index (χ0n) is 11.7. The first-order valence-corrected chi connectivity index (χ1v) is 8.19. The van der Waals surface area contributed by atoms with Crippen LogP contribution in [0.3, 0.4) is 0 Å². The van der Waals surface area contributed by atoms with Crippen molar-refractivity contribution in [1.29, 1.82) is 0 Å². The van der Waals surface area contributed by atoms with Crippen molar-refractivity contribution in [3.8, 4) is 0 Å². The highest BCUT2D eigenvalue weighted by atomic mass is 32.2. The molecule has 0 fully saturated rings. The molecule has 4 nitrogen and oxygen atoms in total. The molecule has 1 N–H and O–H groups in total. The molecule has 1 heterocycles. The maximum atomic E-state index is 11.7. The second-order valence-corrected chi connectivity index (χ2v) is 7.55. The highest BCUT2D eigenvalue weighted by Crippen LogP contribution is 2.13. The van der Waals surface area contributed by atoms with Crippen molar-refractivity contribution >= 4 is 9.84 Å². The van der Waals surface area contributed by atoms with E-state index in [-0.39, 0.29) is 11.0 Å². The molecule has 0 amide bonds. The summed E-state index contributed by atoms with van der Waals surface area (Å²) < 4.78 is 25.4. The Hall–Kier alpha value is -0.810. The molecule has 5 heteroatoms. The Labute approximate surface area is 110 Å². The Morgan fingerprint density at radius 2 is 2.00 bits per heavy atom. The van der Waals surface area contributed by atoms with E-state index in [2.05, 4.69) is 19.2 Å². The molecule has 18 heavy (non-hydrogen) atoms. The van der Waals surface area contributed by atoms with Gasteiger partial charge in [-0.3, -0.25) is 0 Å². The normalized spacial score (nSPS) is 14.1. The van der Waals surface area contributed by atoms with Crippen LogP contribution in [0.25, 0.3) is 0 Å². The van der Waals surface area contributed by atoms with Crippen molar-refractivity contribution in [3.05, 3.63) is 24.0 Å². The monoisotopic (exact) mass is 272 g/mol. The van der Waals surface area contributed by atoms with E-state index >= 15 is 0 Å². The van der Waals surface area contributed by atoms with E-state index in [1.165, 1.54) is 5.56 Å². The zero-order valence-corrected chi connectivity index (χ0v) is 12.5. The second kappa shape index (κ2) is 6.38. The summed E-state index contributed by atoms with van der Waals surface area (Å²) in [6.07, 6.45) is 3.96. The quantitative estimate of drug-likeness (QED) is 0.826. The third-order valence-electron chi connectivity index (χ3n) is 3.14. The summed E-state index contributed by atoms with van der Waals surface area (Å²) in [5.74, 6) is 0.203. The molecular weight excluding hydrogens is 248 g/mol. The zero-order chi connectivity index (χ0) is 13.8. The molecule has 1 unspecified atom stereocenters. The van der Waals surface area contributed by atoms with E-state index in [1.54, 1.807) is 13.8 Å². The van der Waals surface area contributed by atoms with E-state index in [9.17, 15) is 8.42 Å². The molecule has 0 aliphatic heterocycles. The standard InChI is InChI=1S/C13H24N2O2S/c1-5-14-12(4)13-6-7-15(10-13)8-9-18(16,17)11(2)3/h6-7,10-12,14H,5,8-9H2,1-4H3. The van der Waals surface area contributed by atoms with Crippen LogP contribution in [0, 0.1) is 0 Å². The van der Waals surface area contributed by atoms with E-state index in [0.29, 0.717) is 12.6 Å². The van der Waals surface area contributed by atoms with E-state index in [0.717, 1.165) is 6.54 Å². The highest BCUT2D eigenvalue weighted by Gasteiger charge is 2.15. The van der Waals surface area contributed by atoms with Gasteiger partial charge in [-0.2, -0.15) is 0 Å². The predicted octanol–water partition coefficient (Wildman–Crippen LogP) is 1.98. The van der Waals surface area contributed by atoms with Crippen LogP contribution in [0.2, 0.25) is 0 Å². The van der Waals surface area contributed by atoms with Crippen LogP contribution >= 0.6 is 0 Å². The van der Waals surface area contributed by atoms with Gasteiger partial charge in [0.05, 0.1) is 11.0 Å². The van der Waals surface area contributed by atoms with Crippen molar-refractivity contribution in [2.45, 2.75) is 45.5 Å². The molecule has 0 aliphatic rings. The smallest absolute Gasteiger partial charge is 0.154 e. The minimum Gasteiger partial charge on any atom is -0.353 e. The second-order valence-electron chi connectivity index (χ2n) is 4.88. The number of nitrogens with zero attached hydrogens (tertiary/aromatic N) is 1. The van der Waals surface area contributed by atoms with Crippen LogP contribution in [0.1, 0.15) is 39.3 Å². The summed E-state index contributed by atoms with van der Waals surface area (Å²) in [6.45, 7) is 9.08. The van der Waals surface area contributed by atoms with Gasteiger partial charge in [0.2, 0.25) is 0 Å². The molecule has 0 radical (unpaired) electrons. The lowest BCUT2D eigenvalue weighted by atomic mass is 10.2. The summed E-state index contributed by atoms with van der Waals surface area (Å²) in [4.78, 5) is 0. The molecule has 0 saturated carbocycles. The van der Waals surface area contributed by atoms with Crippen molar-refractivity contribution in [2.75, 3.05) is 12.3 Å². The number of rotatable bonds is 7. The van der Waals surface area contributed by atoms with Gasteiger partial charge in [0.15, 0.2) is 9.84 Å². The van der Waals surface area contributed by atoms with E-state index < -0.39 is 9.84 Å². The average Bonchev–Trinajstić information content (AvgIpc) is 2.75. The molecule has 1 aromatic rings. The van der Waals surface area contributed by atoms with Crippen molar-refractivity contribution < 1.29 is 8.42 Å². The molecule has 1 rings (SSSR count). The van der Waals surface area contributed by atoms with Crippen LogP contribution in [0.15, 0.2) is 18.5 Å². The van der Waals surface area contributed by atoms with E-state index in [1.807, 2.05) is 23.0 Å². The number of hydrogen-bond donors (Lipinski definition) is 1. The molecule has 1 atom stereocenters. The number of sulfone groups is 1. The van der Waals surface area contributed by atoms with Gasteiger partial charge >= 0.3 is 0 Å². The topological polar surface area (TPSA) is 51.1 Å². The summed E-state index contributed by atoms with van der Waals surface area (Å²) in [5, 5.41) is 3.04. The predicted molar refractivity (Wildman–Crippen MR) is 75.4 cm³/mol. The van der Waals surface area contributed by atoms with Gasteiger partial charge in [0.1, 0.15) is 0 Å². The molecule has 1 aromatic heterocycles. The van der Waals surface area contributed by atoms with Crippen LogP contribution < -0.4 is 5.32 Å². The lowest BCUT2D eigenvalue weighted by Gasteiger charge is -2.10. The van der Waals surface area contributed by atoms with Gasteiger partial charge in [-0.25, -0.2) is 8.42 Å². The molecular formula is C13H24N2O2S. The van der Waals surface area contributed by atoms with Crippen molar-refractivity contribution in [2.24, 2.45) is 0 Å². The largest absolute Gasteiger partial charge is 0.353 e. The van der Waals surface area contributed by atoms with Crippen LogP contribution in [0.5, 0.6) is 0 Å². The van der Waals surface area contributed by atoms with Gasteiger partial charge in [-0.05, 0) is 38.9 Å². The average molecular weight is 272 g/mol. The van der Waals surface area contributed by atoms with Gasteiger partial charge in [0, 0.05) is 25.0 Å². The Kier molecular flexibility index (Phi) is 5.41. The maximum Gasteiger partial charge on any atom is 0.154 e. The van der Waals surface area contributed by atoms with E-state index in [4.69, 9.17) is 0 Å². The number of nitrogens with one attached hydrogen (secondary N) is 1. The molecule has 0 saturated heterocycles. The van der Waals surface area contributed by atoms with Gasteiger partial charge < -0.3 is 9.88 Å². The maximum absolute atomic E-state index is 11.7. The summed E-state index contributed by atoms with van der Waals surface area (Å²) >= 11 is 0. The number of aryl methyl sites for hydroxylation is 1. The first-order valence-electron chi connectivity index (χ1n) is 6.47. The first-order chi connectivity index (χ1) is 8.36. The lowest BCUT2D eigenvalue weighted by Crippen LogP contribution is -2.21. The highest BCUT2D eigenvalue weighted by molar-refractivity contribution is 7.91. The fourth-order valence-electron chi connectivity index (χ4n) is 1.75. The first kappa shape index (κ1) is 15.2.